The van der Waals surface area contributed by atoms with E-state index >= 15 is 0 Å². The van der Waals surface area contributed by atoms with Gasteiger partial charge in [0.25, 0.3) is 0 Å². The van der Waals surface area contributed by atoms with E-state index in [9.17, 15) is 0 Å². The Balaban J connectivity index is 1.13. The van der Waals surface area contributed by atoms with Crippen molar-refractivity contribution in [3.05, 3.63) is 164 Å². The summed E-state index contributed by atoms with van der Waals surface area (Å²) in [6.45, 7) is 0. The topological polar surface area (TPSA) is 30.7 Å². The molecule has 7 aromatic carbocycles. The minimum Gasteiger partial charge on any atom is -0.292 e. The SMILES string of the molecule is c1ccc(-c2nc3ccccc3n2-c2ccc(-c3cccc(-c4nc5ccccc5c5ccc6c7ccccc7sc6c45)c3)cc2)cc1. The number of para-hydroxylation sites is 3. The first-order valence-corrected chi connectivity index (χ1v) is 17.0. The first-order chi connectivity index (χ1) is 23.8. The molecule has 0 spiro atoms. The van der Waals surface area contributed by atoms with Crippen molar-refractivity contribution >= 4 is 64.2 Å². The van der Waals surface area contributed by atoms with Crippen LogP contribution >= 0.6 is 11.3 Å². The van der Waals surface area contributed by atoms with E-state index in [0.717, 1.165) is 56.0 Å². The number of nitrogens with zero attached hydrogens (tertiary/aromatic N) is 3. The van der Waals surface area contributed by atoms with Crippen LogP contribution in [0.3, 0.4) is 0 Å². The van der Waals surface area contributed by atoms with E-state index in [1.54, 1.807) is 0 Å². The van der Waals surface area contributed by atoms with Crippen molar-refractivity contribution in [2.24, 2.45) is 0 Å². The molecule has 0 saturated carbocycles. The lowest BCUT2D eigenvalue weighted by atomic mass is 9.96. The van der Waals surface area contributed by atoms with Crippen LogP contribution in [0.5, 0.6) is 0 Å². The van der Waals surface area contributed by atoms with Crippen LogP contribution in [0.15, 0.2) is 164 Å². The highest BCUT2D eigenvalue weighted by Gasteiger charge is 2.18. The van der Waals surface area contributed by atoms with Crippen molar-refractivity contribution in [3.8, 4) is 39.5 Å². The number of hydrogen-bond acceptors (Lipinski definition) is 3. The van der Waals surface area contributed by atoms with Crippen molar-refractivity contribution < 1.29 is 0 Å². The highest BCUT2D eigenvalue weighted by atomic mass is 32.1. The van der Waals surface area contributed by atoms with Crippen LogP contribution in [0, 0.1) is 0 Å². The minimum absolute atomic E-state index is 0.938. The number of hydrogen-bond donors (Lipinski definition) is 0. The second kappa shape index (κ2) is 10.7. The molecule has 0 aliphatic heterocycles. The molecule has 10 rings (SSSR count). The summed E-state index contributed by atoms with van der Waals surface area (Å²) in [6.07, 6.45) is 0. The second-order valence-electron chi connectivity index (χ2n) is 12.2. The standard InChI is InChI=1S/C44H27N3S/c1-2-11-29(12-3-1)44-46-38-18-7-8-19-39(38)47(44)32-23-21-28(22-24-32)30-13-10-14-31(27-30)42-41-35(33-15-4-6-17-37(33)45-42)25-26-36-34-16-5-9-20-40(34)48-43(36)41/h1-27H. The fourth-order valence-corrected chi connectivity index (χ4v) is 8.40. The molecule has 0 bridgehead atoms. The van der Waals surface area contributed by atoms with Crippen LogP contribution in [-0.2, 0) is 0 Å². The molecule has 0 fully saturated rings. The van der Waals surface area contributed by atoms with Crippen molar-refractivity contribution in [3.63, 3.8) is 0 Å². The third-order valence-electron chi connectivity index (χ3n) is 9.40. The molecule has 0 amide bonds. The van der Waals surface area contributed by atoms with Crippen LogP contribution in [0.25, 0.3) is 92.3 Å². The van der Waals surface area contributed by atoms with Crippen LogP contribution in [0.2, 0.25) is 0 Å². The molecular formula is C44H27N3S. The quantitative estimate of drug-likeness (QED) is 0.181. The Morgan fingerprint density at radius 2 is 1.12 bits per heavy atom. The molecule has 0 radical (unpaired) electrons. The average Bonchev–Trinajstić information content (AvgIpc) is 3.74. The summed E-state index contributed by atoms with van der Waals surface area (Å²) in [5.74, 6) is 0.938. The van der Waals surface area contributed by atoms with Gasteiger partial charge < -0.3 is 0 Å². The fourth-order valence-electron chi connectivity index (χ4n) is 7.15. The van der Waals surface area contributed by atoms with E-state index in [0.29, 0.717) is 0 Å². The maximum atomic E-state index is 5.34. The van der Waals surface area contributed by atoms with Crippen molar-refractivity contribution in [2.45, 2.75) is 0 Å². The van der Waals surface area contributed by atoms with Crippen LogP contribution in [0.1, 0.15) is 0 Å². The van der Waals surface area contributed by atoms with Gasteiger partial charge in [-0.15, -0.1) is 11.3 Å². The third kappa shape index (κ3) is 4.20. The molecule has 0 unspecified atom stereocenters. The Morgan fingerprint density at radius 3 is 2.00 bits per heavy atom. The summed E-state index contributed by atoms with van der Waals surface area (Å²) in [5.41, 5.74) is 9.71. The Bertz CT molecular complexity index is 2830. The van der Waals surface area contributed by atoms with Gasteiger partial charge in [-0.2, -0.15) is 0 Å². The van der Waals surface area contributed by atoms with Gasteiger partial charge in [-0.1, -0.05) is 121 Å². The van der Waals surface area contributed by atoms with Gasteiger partial charge in [-0.3, -0.25) is 4.57 Å². The highest BCUT2D eigenvalue weighted by molar-refractivity contribution is 7.26. The van der Waals surface area contributed by atoms with Gasteiger partial charge in [0.2, 0.25) is 0 Å². The lowest BCUT2D eigenvalue weighted by Gasteiger charge is -2.13. The lowest BCUT2D eigenvalue weighted by Crippen LogP contribution is -1.97. The maximum absolute atomic E-state index is 5.34. The Kier molecular flexibility index (Phi) is 6.05. The first kappa shape index (κ1) is 27.1. The first-order valence-electron chi connectivity index (χ1n) is 16.2. The third-order valence-corrected chi connectivity index (χ3v) is 10.6. The molecule has 224 valence electrons. The van der Waals surface area contributed by atoms with Gasteiger partial charge in [-0.25, -0.2) is 9.97 Å². The molecular weight excluding hydrogens is 603 g/mol. The van der Waals surface area contributed by atoms with Crippen molar-refractivity contribution in [2.75, 3.05) is 0 Å². The summed E-state index contributed by atoms with van der Waals surface area (Å²) in [4.78, 5) is 10.4. The lowest BCUT2D eigenvalue weighted by molar-refractivity contribution is 1.10. The Hall–Kier alpha value is -6.10. The average molecular weight is 630 g/mol. The zero-order chi connectivity index (χ0) is 31.6. The zero-order valence-corrected chi connectivity index (χ0v) is 26.7. The number of rotatable bonds is 4. The van der Waals surface area contributed by atoms with E-state index in [2.05, 4.69) is 156 Å². The summed E-state index contributed by atoms with van der Waals surface area (Å²) in [6, 6.07) is 58.2. The molecule has 3 aromatic heterocycles. The molecule has 0 atom stereocenters. The molecule has 0 aliphatic carbocycles. The molecule has 3 nitrogen and oxygen atoms in total. The van der Waals surface area contributed by atoms with Crippen molar-refractivity contribution in [1.82, 2.24) is 14.5 Å². The van der Waals surface area contributed by atoms with Crippen LogP contribution in [0.4, 0.5) is 0 Å². The van der Waals surface area contributed by atoms with Gasteiger partial charge in [0, 0.05) is 47.8 Å². The number of pyridine rings is 1. The van der Waals surface area contributed by atoms with E-state index in [-0.39, 0.29) is 0 Å². The molecule has 48 heavy (non-hydrogen) atoms. The largest absolute Gasteiger partial charge is 0.292 e. The van der Waals surface area contributed by atoms with Crippen LogP contribution in [-0.4, -0.2) is 14.5 Å². The minimum atomic E-state index is 0.938. The summed E-state index contributed by atoms with van der Waals surface area (Å²) in [7, 11) is 0. The van der Waals surface area contributed by atoms with E-state index in [1.165, 1.54) is 36.3 Å². The number of benzene rings is 7. The molecule has 3 heterocycles. The van der Waals surface area contributed by atoms with Crippen molar-refractivity contribution in [1.29, 1.82) is 0 Å². The molecule has 0 aliphatic rings. The van der Waals surface area contributed by atoms with E-state index < -0.39 is 0 Å². The maximum Gasteiger partial charge on any atom is 0.145 e. The van der Waals surface area contributed by atoms with Gasteiger partial charge >= 0.3 is 0 Å². The number of thiophene rings is 1. The fraction of sp³-hybridized carbons (Fsp3) is 0. The summed E-state index contributed by atoms with van der Waals surface area (Å²) in [5, 5.41) is 6.24. The van der Waals surface area contributed by atoms with E-state index in [4.69, 9.17) is 9.97 Å². The smallest absolute Gasteiger partial charge is 0.145 e. The number of imidazole rings is 1. The van der Waals surface area contributed by atoms with Gasteiger partial charge in [-0.05, 0) is 59.0 Å². The Morgan fingerprint density at radius 1 is 0.438 bits per heavy atom. The second-order valence-corrected chi connectivity index (χ2v) is 13.2. The zero-order valence-electron chi connectivity index (χ0n) is 25.8. The van der Waals surface area contributed by atoms with Gasteiger partial charge in [0.1, 0.15) is 5.82 Å². The predicted octanol–water partition coefficient (Wildman–Crippen LogP) is 12.1. The molecule has 0 saturated heterocycles. The Labute approximate surface area is 281 Å². The highest BCUT2D eigenvalue weighted by Crippen LogP contribution is 2.44. The normalized spacial score (nSPS) is 11.8. The predicted molar refractivity (Wildman–Crippen MR) is 203 cm³/mol. The van der Waals surface area contributed by atoms with Crippen LogP contribution < -0.4 is 0 Å². The monoisotopic (exact) mass is 629 g/mol. The molecule has 4 heteroatoms. The summed E-state index contributed by atoms with van der Waals surface area (Å²) >= 11 is 1.86. The molecule has 0 N–H and O–H groups in total. The van der Waals surface area contributed by atoms with E-state index in [1.807, 2.05) is 23.5 Å². The number of fused-ring (bicyclic) bond motifs is 8. The van der Waals surface area contributed by atoms with Gasteiger partial charge in [0.05, 0.1) is 22.2 Å². The molecule has 10 aromatic rings. The summed E-state index contributed by atoms with van der Waals surface area (Å²) < 4.78 is 4.85. The number of aromatic nitrogens is 3. The van der Waals surface area contributed by atoms with Gasteiger partial charge in [0.15, 0.2) is 0 Å².